The summed E-state index contributed by atoms with van der Waals surface area (Å²) in [7, 11) is 1.87. The molecule has 0 saturated carbocycles. The second-order valence-corrected chi connectivity index (χ2v) is 6.14. The maximum absolute atomic E-state index is 13.6. The Morgan fingerprint density at radius 2 is 2.26 bits per heavy atom. The van der Waals surface area contributed by atoms with E-state index in [1.165, 1.54) is 12.1 Å². The Kier molecular flexibility index (Phi) is 4.37. The van der Waals surface area contributed by atoms with Crippen molar-refractivity contribution < 1.29 is 13.7 Å². The number of hydrogen-bond acceptors (Lipinski definition) is 4. The zero-order valence-electron chi connectivity index (χ0n) is 12.9. The van der Waals surface area contributed by atoms with E-state index in [1.807, 2.05) is 24.9 Å². The standard InChI is InChI=1S/C16H17ClFN3O2/c1-10-7-11(19-23-10)9-20(2)15-5-6-21(16(15)22)12-3-4-13(17)14(18)8-12/h3-4,7-8,15H,5-6,9H2,1-2H3. The van der Waals surface area contributed by atoms with Gasteiger partial charge in [0.25, 0.3) is 0 Å². The highest BCUT2D eigenvalue weighted by molar-refractivity contribution is 6.30. The quantitative estimate of drug-likeness (QED) is 0.860. The lowest BCUT2D eigenvalue weighted by molar-refractivity contribution is -0.121. The normalized spacial score (nSPS) is 18.2. The van der Waals surface area contributed by atoms with Gasteiger partial charge in [-0.25, -0.2) is 4.39 Å². The fourth-order valence-corrected chi connectivity index (χ4v) is 2.96. The summed E-state index contributed by atoms with van der Waals surface area (Å²) in [6.07, 6.45) is 0.677. The summed E-state index contributed by atoms with van der Waals surface area (Å²) in [5.74, 6) is 0.172. The summed E-state index contributed by atoms with van der Waals surface area (Å²) in [5, 5.41) is 4.00. The van der Waals surface area contributed by atoms with Crippen LogP contribution < -0.4 is 4.90 Å². The molecule has 1 unspecified atom stereocenters. The summed E-state index contributed by atoms with van der Waals surface area (Å²) in [4.78, 5) is 16.2. The van der Waals surface area contributed by atoms with Crippen LogP contribution in [0.25, 0.3) is 0 Å². The van der Waals surface area contributed by atoms with Crippen LogP contribution in [0.3, 0.4) is 0 Å². The molecule has 0 N–H and O–H groups in total. The van der Waals surface area contributed by atoms with E-state index in [4.69, 9.17) is 16.1 Å². The highest BCUT2D eigenvalue weighted by Gasteiger charge is 2.35. The van der Waals surface area contributed by atoms with Gasteiger partial charge in [-0.2, -0.15) is 0 Å². The molecule has 1 amide bonds. The molecule has 0 radical (unpaired) electrons. The Hall–Kier alpha value is -1.92. The third kappa shape index (κ3) is 3.23. The number of aromatic nitrogens is 1. The van der Waals surface area contributed by atoms with Crippen LogP contribution in [0.1, 0.15) is 17.9 Å². The molecule has 0 aliphatic carbocycles. The van der Waals surface area contributed by atoms with Gasteiger partial charge in [-0.3, -0.25) is 9.69 Å². The van der Waals surface area contributed by atoms with Crippen molar-refractivity contribution in [1.29, 1.82) is 0 Å². The Balaban J connectivity index is 1.71. The summed E-state index contributed by atoms with van der Waals surface area (Å²) >= 11 is 5.69. The van der Waals surface area contributed by atoms with Gasteiger partial charge in [0, 0.05) is 24.8 Å². The molecule has 7 heteroatoms. The Morgan fingerprint density at radius 1 is 1.48 bits per heavy atom. The lowest BCUT2D eigenvalue weighted by atomic mass is 10.2. The van der Waals surface area contributed by atoms with E-state index in [0.29, 0.717) is 25.2 Å². The van der Waals surface area contributed by atoms with Gasteiger partial charge in [-0.15, -0.1) is 0 Å². The van der Waals surface area contributed by atoms with Crippen LogP contribution in [0.15, 0.2) is 28.8 Å². The summed E-state index contributed by atoms with van der Waals surface area (Å²) < 4.78 is 18.6. The molecule has 1 aliphatic heterocycles. The molecule has 1 atom stereocenters. The molecule has 1 fully saturated rings. The summed E-state index contributed by atoms with van der Waals surface area (Å²) in [5.41, 5.74) is 1.32. The van der Waals surface area contributed by atoms with Gasteiger partial charge in [0.05, 0.1) is 16.8 Å². The lowest BCUT2D eigenvalue weighted by Gasteiger charge is -2.23. The number of likely N-dealkylation sites (N-methyl/N-ethyl adjacent to an activating group) is 1. The number of amides is 1. The van der Waals surface area contributed by atoms with Crippen LogP contribution in [0.5, 0.6) is 0 Å². The van der Waals surface area contributed by atoms with Crippen molar-refractivity contribution in [3.8, 4) is 0 Å². The van der Waals surface area contributed by atoms with Gasteiger partial charge in [0.1, 0.15) is 11.6 Å². The predicted molar refractivity (Wildman–Crippen MR) is 84.9 cm³/mol. The predicted octanol–water partition coefficient (Wildman–Crippen LogP) is 3.01. The van der Waals surface area contributed by atoms with Crippen molar-refractivity contribution in [2.45, 2.75) is 25.9 Å². The minimum absolute atomic E-state index is 0.0468. The first-order chi connectivity index (χ1) is 11.0. The SMILES string of the molecule is Cc1cc(CN(C)C2CCN(c3ccc(Cl)c(F)c3)C2=O)no1. The lowest BCUT2D eigenvalue weighted by Crippen LogP contribution is -2.39. The van der Waals surface area contributed by atoms with Crippen LogP contribution in [0.4, 0.5) is 10.1 Å². The van der Waals surface area contributed by atoms with E-state index >= 15 is 0 Å². The van der Waals surface area contributed by atoms with E-state index in [2.05, 4.69) is 5.16 Å². The number of aryl methyl sites for hydroxylation is 1. The number of carbonyl (C=O) groups excluding carboxylic acids is 1. The first-order valence-corrected chi connectivity index (χ1v) is 7.72. The third-order valence-electron chi connectivity index (χ3n) is 4.01. The van der Waals surface area contributed by atoms with Crippen molar-refractivity contribution in [3.63, 3.8) is 0 Å². The highest BCUT2D eigenvalue weighted by atomic mass is 35.5. The number of nitrogens with zero attached hydrogens (tertiary/aromatic N) is 3. The zero-order chi connectivity index (χ0) is 16.6. The fourth-order valence-electron chi connectivity index (χ4n) is 2.84. The number of anilines is 1. The molecular formula is C16H17ClFN3O2. The molecule has 1 aliphatic rings. The van der Waals surface area contributed by atoms with Crippen molar-refractivity contribution in [2.75, 3.05) is 18.5 Å². The molecule has 0 spiro atoms. The number of hydrogen-bond donors (Lipinski definition) is 0. The van der Waals surface area contributed by atoms with E-state index in [1.54, 1.807) is 11.0 Å². The molecule has 1 aromatic heterocycles. The van der Waals surface area contributed by atoms with Crippen LogP contribution >= 0.6 is 11.6 Å². The number of carbonyl (C=O) groups is 1. The second kappa shape index (κ2) is 6.29. The Bertz CT molecular complexity index is 734. The minimum Gasteiger partial charge on any atom is -0.361 e. The topological polar surface area (TPSA) is 49.6 Å². The Morgan fingerprint density at radius 3 is 2.91 bits per heavy atom. The van der Waals surface area contributed by atoms with E-state index in [0.717, 1.165) is 11.5 Å². The zero-order valence-corrected chi connectivity index (χ0v) is 13.7. The third-order valence-corrected chi connectivity index (χ3v) is 4.32. The molecule has 23 heavy (non-hydrogen) atoms. The maximum atomic E-state index is 13.6. The number of benzene rings is 1. The number of halogens is 2. The van der Waals surface area contributed by atoms with Gasteiger partial charge >= 0.3 is 0 Å². The average Bonchev–Trinajstić information content (AvgIpc) is 3.08. The number of rotatable bonds is 4. The van der Waals surface area contributed by atoms with Gasteiger partial charge in [-0.1, -0.05) is 16.8 Å². The minimum atomic E-state index is -0.521. The van der Waals surface area contributed by atoms with Crippen molar-refractivity contribution >= 4 is 23.2 Å². The van der Waals surface area contributed by atoms with E-state index in [-0.39, 0.29) is 17.0 Å². The van der Waals surface area contributed by atoms with Gasteiger partial charge < -0.3 is 9.42 Å². The van der Waals surface area contributed by atoms with Crippen LogP contribution in [0.2, 0.25) is 5.02 Å². The second-order valence-electron chi connectivity index (χ2n) is 5.74. The summed E-state index contributed by atoms with van der Waals surface area (Å²) in [6.45, 7) is 2.90. The van der Waals surface area contributed by atoms with Gasteiger partial charge in [0.15, 0.2) is 0 Å². The van der Waals surface area contributed by atoms with Gasteiger partial charge in [-0.05, 0) is 38.6 Å². The highest BCUT2D eigenvalue weighted by Crippen LogP contribution is 2.27. The van der Waals surface area contributed by atoms with Crippen LogP contribution in [-0.4, -0.2) is 35.6 Å². The Labute approximate surface area is 138 Å². The molecule has 0 bridgehead atoms. The first-order valence-electron chi connectivity index (χ1n) is 7.34. The molecule has 5 nitrogen and oxygen atoms in total. The van der Waals surface area contributed by atoms with E-state index in [9.17, 15) is 9.18 Å². The van der Waals surface area contributed by atoms with Gasteiger partial charge in [0.2, 0.25) is 5.91 Å². The molecule has 122 valence electrons. The summed E-state index contributed by atoms with van der Waals surface area (Å²) in [6, 6.07) is 6.01. The first kappa shape index (κ1) is 16.0. The average molecular weight is 338 g/mol. The molecule has 3 rings (SSSR count). The van der Waals surface area contributed by atoms with Crippen molar-refractivity contribution in [3.05, 3.63) is 46.6 Å². The van der Waals surface area contributed by atoms with Crippen molar-refractivity contribution in [1.82, 2.24) is 10.1 Å². The molecule has 2 heterocycles. The van der Waals surface area contributed by atoms with Crippen LogP contribution in [0, 0.1) is 12.7 Å². The largest absolute Gasteiger partial charge is 0.361 e. The molecule has 1 aromatic carbocycles. The molecule has 2 aromatic rings. The molecule has 1 saturated heterocycles. The maximum Gasteiger partial charge on any atom is 0.244 e. The monoisotopic (exact) mass is 337 g/mol. The van der Waals surface area contributed by atoms with E-state index < -0.39 is 5.82 Å². The van der Waals surface area contributed by atoms with Crippen molar-refractivity contribution in [2.24, 2.45) is 0 Å². The fraction of sp³-hybridized carbons (Fsp3) is 0.375. The van der Waals surface area contributed by atoms with Crippen LogP contribution in [-0.2, 0) is 11.3 Å². The molecular weight excluding hydrogens is 321 g/mol. The smallest absolute Gasteiger partial charge is 0.244 e.